The van der Waals surface area contributed by atoms with E-state index in [1.807, 2.05) is 0 Å². The first-order valence-corrected chi connectivity index (χ1v) is 10.1. The van der Waals surface area contributed by atoms with Gasteiger partial charge in [-0.3, -0.25) is 9.59 Å². The third-order valence-electron chi connectivity index (χ3n) is 5.29. The minimum atomic E-state index is -4.57. The Kier molecular flexibility index (Phi) is 4.99. The molecule has 11 nitrogen and oxygen atoms in total. The van der Waals surface area contributed by atoms with Gasteiger partial charge >= 0.3 is 12.0 Å². The Morgan fingerprint density at radius 1 is 1.24 bits per heavy atom. The van der Waals surface area contributed by atoms with E-state index in [2.05, 4.69) is 40.7 Å². The number of nitrogens with one attached hydrogen (secondary N) is 4. The first-order chi connectivity index (χ1) is 16.2. The van der Waals surface area contributed by atoms with Gasteiger partial charge in [-0.1, -0.05) is 5.16 Å². The molecule has 4 aromatic rings. The lowest BCUT2D eigenvalue weighted by Gasteiger charge is -2.18. The molecule has 34 heavy (non-hydrogen) atoms. The van der Waals surface area contributed by atoms with E-state index in [-0.39, 0.29) is 23.5 Å². The number of amides is 2. The third kappa shape index (κ3) is 3.93. The van der Waals surface area contributed by atoms with Gasteiger partial charge in [-0.2, -0.15) is 13.2 Å². The SMILES string of the molecule is C[C@@H](NC(=O)c1ncnc2c1CCC(=O)N2)c1cc(-c2[nH]c3cnc(C(F)(F)F)cc3[nH+]2)no1. The minimum Gasteiger partial charge on any atom is -0.358 e. The van der Waals surface area contributed by atoms with Crippen molar-refractivity contribution in [1.82, 2.24) is 30.4 Å². The highest BCUT2D eigenvalue weighted by atomic mass is 19.4. The summed E-state index contributed by atoms with van der Waals surface area (Å²) in [4.78, 5) is 41.5. The van der Waals surface area contributed by atoms with E-state index >= 15 is 0 Å². The monoisotopic (exact) mass is 473 g/mol. The van der Waals surface area contributed by atoms with Crippen LogP contribution in [0.4, 0.5) is 19.0 Å². The summed E-state index contributed by atoms with van der Waals surface area (Å²) in [5.74, 6) is 0.261. The van der Waals surface area contributed by atoms with Crippen LogP contribution in [0.25, 0.3) is 22.6 Å². The Balaban J connectivity index is 1.35. The lowest BCUT2D eigenvalue weighted by atomic mass is 10.0. The Morgan fingerprint density at radius 2 is 2.06 bits per heavy atom. The number of H-pyrrole nitrogens is 2. The third-order valence-corrected chi connectivity index (χ3v) is 5.29. The Labute approximate surface area is 188 Å². The fourth-order valence-corrected chi connectivity index (χ4v) is 3.58. The van der Waals surface area contributed by atoms with Crippen molar-refractivity contribution in [3.8, 4) is 11.5 Å². The molecule has 4 N–H and O–H groups in total. The molecule has 5 rings (SSSR count). The maximum Gasteiger partial charge on any atom is 0.433 e. The average Bonchev–Trinajstić information content (AvgIpc) is 3.44. The van der Waals surface area contributed by atoms with Crippen LogP contribution in [0.15, 0.2) is 29.2 Å². The van der Waals surface area contributed by atoms with Gasteiger partial charge in [-0.25, -0.2) is 24.9 Å². The van der Waals surface area contributed by atoms with Crippen LogP contribution in [0.3, 0.4) is 0 Å². The highest BCUT2D eigenvalue weighted by molar-refractivity contribution is 5.99. The number of anilines is 1. The summed E-state index contributed by atoms with van der Waals surface area (Å²) >= 11 is 0. The summed E-state index contributed by atoms with van der Waals surface area (Å²) in [5.41, 5.74) is 0.518. The van der Waals surface area contributed by atoms with Gasteiger partial charge in [0.05, 0.1) is 12.2 Å². The lowest BCUT2D eigenvalue weighted by Crippen LogP contribution is -2.30. The Morgan fingerprint density at radius 3 is 2.85 bits per heavy atom. The number of aromatic nitrogens is 6. The van der Waals surface area contributed by atoms with E-state index < -0.39 is 23.8 Å². The molecule has 0 bridgehead atoms. The summed E-state index contributed by atoms with van der Waals surface area (Å²) in [6.45, 7) is 1.67. The second-order valence-electron chi connectivity index (χ2n) is 7.65. The maximum absolute atomic E-state index is 12.9. The van der Waals surface area contributed by atoms with E-state index in [0.29, 0.717) is 40.6 Å². The molecule has 0 spiro atoms. The number of imidazole rings is 1. The van der Waals surface area contributed by atoms with Gasteiger partial charge in [-0.05, 0) is 13.3 Å². The zero-order valence-corrected chi connectivity index (χ0v) is 17.4. The van der Waals surface area contributed by atoms with Gasteiger partial charge in [0.15, 0.2) is 22.5 Å². The number of aromatic amines is 2. The van der Waals surface area contributed by atoms with Crippen LogP contribution < -0.4 is 15.6 Å². The molecule has 2 amide bonds. The zero-order chi connectivity index (χ0) is 24.0. The number of pyridine rings is 1. The van der Waals surface area contributed by atoms with Gasteiger partial charge in [-0.15, -0.1) is 0 Å². The van der Waals surface area contributed by atoms with Crippen LogP contribution in [0.5, 0.6) is 0 Å². The smallest absolute Gasteiger partial charge is 0.358 e. The zero-order valence-electron chi connectivity index (χ0n) is 17.4. The van der Waals surface area contributed by atoms with Crippen molar-refractivity contribution in [3.63, 3.8) is 0 Å². The van der Waals surface area contributed by atoms with Crippen LogP contribution in [0, 0.1) is 0 Å². The molecule has 0 aromatic carbocycles. The molecule has 4 aromatic heterocycles. The minimum absolute atomic E-state index is 0.147. The molecule has 0 aliphatic carbocycles. The first-order valence-electron chi connectivity index (χ1n) is 10.1. The molecule has 1 aliphatic heterocycles. The van der Waals surface area contributed by atoms with Crippen molar-refractivity contribution in [3.05, 3.63) is 47.4 Å². The number of alkyl halides is 3. The molecular weight excluding hydrogens is 457 g/mol. The van der Waals surface area contributed by atoms with Gasteiger partial charge in [0.25, 0.3) is 5.91 Å². The average molecular weight is 473 g/mol. The lowest BCUT2D eigenvalue weighted by molar-refractivity contribution is -0.331. The molecule has 0 saturated heterocycles. The summed E-state index contributed by atoms with van der Waals surface area (Å²) in [5, 5.41) is 9.30. The van der Waals surface area contributed by atoms with Crippen LogP contribution in [0.2, 0.25) is 0 Å². The topological polar surface area (TPSA) is 153 Å². The summed E-state index contributed by atoms with van der Waals surface area (Å²) < 4.78 is 44.0. The first kappa shape index (κ1) is 21.5. The van der Waals surface area contributed by atoms with Crippen LogP contribution >= 0.6 is 0 Å². The quantitative estimate of drug-likeness (QED) is 0.411. The Hall–Kier alpha value is -4.36. The predicted molar refractivity (Wildman–Crippen MR) is 108 cm³/mol. The molecule has 14 heteroatoms. The van der Waals surface area contributed by atoms with Crippen molar-refractivity contribution >= 4 is 28.7 Å². The van der Waals surface area contributed by atoms with E-state index in [9.17, 15) is 22.8 Å². The van der Waals surface area contributed by atoms with E-state index in [0.717, 1.165) is 12.3 Å². The summed E-state index contributed by atoms with van der Waals surface area (Å²) in [6, 6.07) is 1.82. The maximum atomic E-state index is 12.9. The molecule has 1 aliphatic rings. The number of carbonyl (C=O) groups excluding carboxylic acids is 2. The molecule has 0 radical (unpaired) electrons. The van der Waals surface area contributed by atoms with Crippen LogP contribution in [-0.4, -0.2) is 36.9 Å². The number of rotatable bonds is 4. The fraction of sp³-hybridized carbons (Fsp3) is 0.250. The van der Waals surface area contributed by atoms with Crippen molar-refractivity contribution in [2.24, 2.45) is 0 Å². The van der Waals surface area contributed by atoms with Crippen molar-refractivity contribution in [1.29, 1.82) is 0 Å². The van der Waals surface area contributed by atoms with Gasteiger partial charge < -0.3 is 15.2 Å². The van der Waals surface area contributed by atoms with Crippen molar-refractivity contribution in [2.45, 2.75) is 32.0 Å². The van der Waals surface area contributed by atoms with Crippen LogP contribution in [-0.2, 0) is 17.4 Å². The molecule has 0 fully saturated rings. The van der Waals surface area contributed by atoms with E-state index in [1.165, 1.54) is 6.33 Å². The molecule has 5 heterocycles. The second kappa shape index (κ2) is 7.90. The predicted octanol–water partition coefficient (Wildman–Crippen LogP) is 2.22. The van der Waals surface area contributed by atoms with Crippen LogP contribution in [0.1, 0.15) is 46.9 Å². The standard InChI is InChI=1S/C20H15F3N8O3/c1-8(27-19(33)16-9-2-3-15(32)30-17(9)26-7-25-16)13-4-11(31-34-13)18-28-10-5-14(20(21,22)23)24-6-12(10)29-18/h4-8H,2-3H2,1H3,(H,27,33)(H,28,29)(H,25,26,30,32)/p+1/t8-/m1/s1. The van der Waals surface area contributed by atoms with E-state index in [1.54, 1.807) is 13.0 Å². The summed E-state index contributed by atoms with van der Waals surface area (Å²) in [6.07, 6.45) is -1.73. The van der Waals surface area contributed by atoms with E-state index in [4.69, 9.17) is 4.52 Å². The molecule has 1 atom stereocenters. The van der Waals surface area contributed by atoms with Crippen molar-refractivity contribution < 1.29 is 32.3 Å². The number of hydrogen-bond donors (Lipinski definition) is 3. The highest BCUT2D eigenvalue weighted by Crippen LogP contribution is 2.29. The molecular formula is C20H16F3N8O3+. The van der Waals surface area contributed by atoms with Gasteiger partial charge in [0, 0.05) is 24.1 Å². The number of nitrogens with zero attached hydrogens (tertiary/aromatic N) is 4. The molecule has 0 saturated carbocycles. The Bertz CT molecular complexity index is 1430. The van der Waals surface area contributed by atoms with Gasteiger partial charge in [0.1, 0.15) is 23.5 Å². The largest absolute Gasteiger partial charge is 0.433 e. The number of carbonyl (C=O) groups is 2. The molecule has 0 unspecified atom stereocenters. The fourth-order valence-electron chi connectivity index (χ4n) is 3.58. The summed E-state index contributed by atoms with van der Waals surface area (Å²) in [7, 11) is 0. The molecule has 174 valence electrons. The highest BCUT2D eigenvalue weighted by Gasteiger charge is 2.34. The number of halogens is 3. The number of hydrogen-bond acceptors (Lipinski definition) is 7. The van der Waals surface area contributed by atoms with Gasteiger partial charge in [0.2, 0.25) is 5.91 Å². The normalized spacial score (nSPS) is 14.5. The number of fused-ring (bicyclic) bond motifs is 2. The second-order valence-corrected chi connectivity index (χ2v) is 7.65. The van der Waals surface area contributed by atoms with Crippen molar-refractivity contribution in [2.75, 3.05) is 5.32 Å².